The molecule has 1 saturated carbocycles. The number of rotatable bonds is 5. The van der Waals surface area contributed by atoms with E-state index in [1.807, 2.05) is 26.0 Å². The number of aryl methyl sites for hydroxylation is 2. The highest BCUT2D eigenvalue weighted by Gasteiger charge is 2.42. The lowest BCUT2D eigenvalue weighted by Crippen LogP contribution is -2.57. The maximum Gasteiger partial charge on any atom is 0.225 e. The van der Waals surface area contributed by atoms with Crippen LogP contribution >= 0.6 is 15.9 Å². The van der Waals surface area contributed by atoms with Crippen LogP contribution in [-0.4, -0.2) is 23.5 Å². The molecule has 4 nitrogen and oxygen atoms in total. The van der Waals surface area contributed by atoms with Gasteiger partial charge < -0.3 is 5.32 Å². The molecule has 2 unspecified atom stereocenters. The molecule has 5 heteroatoms. The molecule has 1 N–H and O–H groups in total. The molecule has 1 aromatic carbocycles. The molecule has 0 radical (unpaired) electrons. The molecule has 1 amide bonds. The van der Waals surface area contributed by atoms with Crippen molar-refractivity contribution < 1.29 is 14.4 Å². The van der Waals surface area contributed by atoms with E-state index in [0.717, 1.165) is 34.0 Å². The SMILES string of the molecule is Cc1cc(Br)cc(C)c1CC(=O)NC1(C(=O)C=O)CCCC(C)C1. The number of nitrogens with one attached hydrogen (secondary N) is 1. The Morgan fingerprint density at radius 3 is 2.50 bits per heavy atom. The van der Waals surface area contributed by atoms with Crippen LogP contribution in [-0.2, 0) is 20.8 Å². The lowest BCUT2D eigenvalue weighted by Gasteiger charge is -2.38. The van der Waals surface area contributed by atoms with Crippen LogP contribution in [0, 0.1) is 19.8 Å². The van der Waals surface area contributed by atoms with Gasteiger partial charge in [-0.15, -0.1) is 0 Å². The van der Waals surface area contributed by atoms with Crippen LogP contribution in [0.5, 0.6) is 0 Å². The summed E-state index contributed by atoms with van der Waals surface area (Å²) < 4.78 is 0.982. The van der Waals surface area contributed by atoms with Crippen molar-refractivity contribution in [1.82, 2.24) is 5.32 Å². The Balaban J connectivity index is 2.20. The summed E-state index contributed by atoms with van der Waals surface area (Å²) in [5, 5.41) is 2.90. The van der Waals surface area contributed by atoms with Gasteiger partial charge in [-0.1, -0.05) is 35.7 Å². The Morgan fingerprint density at radius 2 is 1.96 bits per heavy atom. The van der Waals surface area contributed by atoms with Gasteiger partial charge in [0.05, 0.1) is 6.42 Å². The van der Waals surface area contributed by atoms with Gasteiger partial charge in [0.15, 0.2) is 6.29 Å². The molecule has 1 aliphatic rings. The molecule has 2 rings (SSSR count). The summed E-state index contributed by atoms with van der Waals surface area (Å²) in [5.41, 5.74) is 2.01. The van der Waals surface area contributed by atoms with E-state index in [2.05, 4.69) is 28.2 Å². The molecule has 0 aliphatic heterocycles. The summed E-state index contributed by atoms with van der Waals surface area (Å²) in [6.45, 7) is 5.99. The first-order valence-electron chi connectivity index (χ1n) is 8.33. The molecule has 130 valence electrons. The summed E-state index contributed by atoms with van der Waals surface area (Å²) in [7, 11) is 0. The molecule has 0 bridgehead atoms. The molecular weight excluding hydrogens is 370 g/mol. The van der Waals surface area contributed by atoms with Crippen LogP contribution in [0.15, 0.2) is 16.6 Å². The fraction of sp³-hybridized carbons (Fsp3) is 0.526. The third-order valence-corrected chi connectivity index (χ3v) is 5.41. The standard InChI is InChI=1S/C19H24BrNO3/c1-12-5-4-6-19(10-12,17(23)11-22)21-18(24)9-16-13(2)7-15(20)8-14(16)3/h7-8,11-12H,4-6,9-10H2,1-3H3,(H,21,24). The van der Waals surface area contributed by atoms with E-state index in [-0.39, 0.29) is 12.3 Å². The average Bonchev–Trinajstić information content (AvgIpc) is 2.50. The Bertz CT molecular complexity index is 648. The largest absolute Gasteiger partial charge is 0.343 e. The number of hydrogen-bond donors (Lipinski definition) is 1. The first kappa shape index (κ1) is 18.8. The maximum absolute atomic E-state index is 12.6. The van der Waals surface area contributed by atoms with Crippen LogP contribution in [0.1, 0.15) is 49.3 Å². The topological polar surface area (TPSA) is 63.2 Å². The zero-order valence-corrected chi connectivity index (χ0v) is 16.0. The molecule has 1 fully saturated rings. The number of carbonyl (C=O) groups is 3. The first-order chi connectivity index (χ1) is 11.3. The number of aldehydes is 1. The number of halogens is 1. The minimum absolute atomic E-state index is 0.201. The molecule has 2 atom stereocenters. The van der Waals surface area contributed by atoms with E-state index in [1.54, 1.807) is 0 Å². The van der Waals surface area contributed by atoms with Crippen molar-refractivity contribution >= 4 is 33.9 Å². The summed E-state index contributed by atoms with van der Waals surface area (Å²) in [6.07, 6.45) is 3.52. The summed E-state index contributed by atoms with van der Waals surface area (Å²) in [5.74, 6) is -0.390. The van der Waals surface area contributed by atoms with Crippen molar-refractivity contribution in [2.24, 2.45) is 5.92 Å². The molecule has 24 heavy (non-hydrogen) atoms. The van der Waals surface area contributed by atoms with Crippen molar-refractivity contribution in [3.8, 4) is 0 Å². The Kier molecular flexibility index (Phi) is 5.97. The van der Waals surface area contributed by atoms with Gasteiger partial charge in [-0.2, -0.15) is 0 Å². The highest BCUT2D eigenvalue weighted by atomic mass is 79.9. The second-order valence-electron chi connectivity index (χ2n) is 7.01. The maximum atomic E-state index is 12.6. The number of hydrogen-bond acceptors (Lipinski definition) is 3. The van der Waals surface area contributed by atoms with Gasteiger partial charge in [0, 0.05) is 4.47 Å². The molecule has 0 saturated heterocycles. The predicted molar refractivity (Wildman–Crippen MR) is 96.9 cm³/mol. The Labute approximate surface area is 151 Å². The van der Waals surface area contributed by atoms with Crippen molar-refractivity contribution in [1.29, 1.82) is 0 Å². The average molecular weight is 394 g/mol. The van der Waals surface area contributed by atoms with Crippen LogP contribution in [0.25, 0.3) is 0 Å². The van der Waals surface area contributed by atoms with Crippen LogP contribution in [0.4, 0.5) is 0 Å². The molecular formula is C19H24BrNO3. The smallest absolute Gasteiger partial charge is 0.225 e. The number of Topliss-reactive ketones (excluding diaryl/α,β-unsaturated/α-hetero) is 1. The van der Waals surface area contributed by atoms with E-state index >= 15 is 0 Å². The summed E-state index contributed by atoms with van der Waals surface area (Å²) >= 11 is 3.45. The molecule has 1 aromatic rings. The fourth-order valence-electron chi connectivity index (χ4n) is 3.75. The van der Waals surface area contributed by atoms with Crippen molar-refractivity contribution in [2.75, 3.05) is 0 Å². The van der Waals surface area contributed by atoms with Crippen LogP contribution in [0.2, 0.25) is 0 Å². The molecule has 0 aromatic heterocycles. The van der Waals surface area contributed by atoms with Crippen molar-refractivity contribution in [3.05, 3.63) is 33.3 Å². The summed E-state index contributed by atoms with van der Waals surface area (Å²) in [4.78, 5) is 35.9. The highest BCUT2D eigenvalue weighted by molar-refractivity contribution is 9.10. The zero-order valence-electron chi connectivity index (χ0n) is 14.4. The predicted octanol–water partition coefficient (Wildman–Crippen LogP) is 3.44. The van der Waals surface area contributed by atoms with E-state index in [4.69, 9.17) is 0 Å². The van der Waals surface area contributed by atoms with Gasteiger partial charge >= 0.3 is 0 Å². The molecule has 0 spiro atoms. The van der Waals surface area contributed by atoms with E-state index < -0.39 is 11.3 Å². The normalized spacial score (nSPS) is 23.6. The molecule has 0 heterocycles. The second kappa shape index (κ2) is 7.60. The monoisotopic (exact) mass is 393 g/mol. The minimum Gasteiger partial charge on any atom is -0.343 e. The van der Waals surface area contributed by atoms with Gasteiger partial charge in [-0.3, -0.25) is 14.4 Å². The quantitative estimate of drug-likeness (QED) is 0.615. The number of amides is 1. The summed E-state index contributed by atoms with van der Waals surface area (Å²) in [6, 6.07) is 3.95. The number of ketones is 1. The Morgan fingerprint density at radius 1 is 1.33 bits per heavy atom. The van der Waals surface area contributed by atoms with Gasteiger partial charge in [-0.05, 0) is 61.4 Å². The van der Waals surface area contributed by atoms with Crippen LogP contribution in [0.3, 0.4) is 0 Å². The lowest BCUT2D eigenvalue weighted by atomic mass is 9.74. The van der Waals surface area contributed by atoms with E-state index in [9.17, 15) is 14.4 Å². The Hall–Kier alpha value is -1.49. The van der Waals surface area contributed by atoms with E-state index in [0.29, 0.717) is 25.0 Å². The van der Waals surface area contributed by atoms with Gasteiger partial charge in [0.2, 0.25) is 11.7 Å². The molecule has 1 aliphatic carbocycles. The number of benzene rings is 1. The van der Waals surface area contributed by atoms with Gasteiger partial charge in [0.25, 0.3) is 0 Å². The van der Waals surface area contributed by atoms with Crippen LogP contribution < -0.4 is 5.32 Å². The fourth-order valence-corrected chi connectivity index (χ4v) is 4.44. The van der Waals surface area contributed by atoms with Gasteiger partial charge in [0.1, 0.15) is 5.54 Å². The second-order valence-corrected chi connectivity index (χ2v) is 7.92. The zero-order chi connectivity index (χ0) is 17.9. The number of carbonyl (C=O) groups excluding carboxylic acids is 3. The third-order valence-electron chi connectivity index (χ3n) is 4.95. The third kappa shape index (κ3) is 4.12. The highest BCUT2D eigenvalue weighted by Crippen LogP contribution is 2.33. The lowest BCUT2D eigenvalue weighted by molar-refractivity contribution is -0.138. The van der Waals surface area contributed by atoms with Crippen molar-refractivity contribution in [2.45, 2.75) is 58.4 Å². The van der Waals surface area contributed by atoms with Gasteiger partial charge in [-0.25, -0.2) is 0 Å². The van der Waals surface area contributed by atoms with Crippen molar-refractivity contribution in [3.63, 3.8) is 0 Å². The first-order valence-corrected chi connectivity index (χ1v) is 9.13. The van der Waals surface area contributed by atoms with E-state index in [1.165, 1.54) is 0 Å². The minimum atomic E-state index is -1.02.